The molecule has 1 aliphatic rings. The Labute approximate surface area is 120 Å². The molecule has 1 aliphatic carbocycles. The molecule has 0 radical (unpaired) electrons. The fourth-order valence-corrected chi connectivity index (χ4v) is 2.09. The van der Waals surface area contributed by atoms with E-state index in [-0.39, 0.29) is 11.4 Å². The van der Waals surface area contributed by atoms with E-state index in [9.17, 15) is 13.2 Å². The van der Waals surface area contributed by atoms with Crippen LogP contribution in [0.2, 0.25) is 0 Å². The summed E-state index contributed by atoms with van der Waals surface area (Å²) in [6, 6.07) is 7.61. The molecule has 1 N–H and O–H groups in total. The van der Waals surface area contributed by atoms with Gasteiger partial charge in [-0.3, -0.25) is 0 Å². The number of nitrogens with zero attached hydrogens (tertiary/aromatic N) is 2. The van der Waals surface area contributed by atoms with Gasteiger partial charge in [-0.15, -0.1) is 0 Å². The smallest absolute Gasteiger partial charge is 0.308 e. The van der Waals surface area contributed by atoms with Crippen molar-refractivity contribution >= 4 is 0 Å². The molecule has 3 nitrogen and oxygen atoms in total. The van der Waals surface area contributed by atoms with Crippen LogP contribution in [-0.4, -0.2) is 16.0 Å². The first kappa shape index (κ1) is 14.0. The van der Waals surface area contributed by atoms with E-state index in [1.165, 1.54) is 18.3 Å². The Balaban J connectivity index is 1.91. The van der Waals surface area contributed by atoms with Gasteiger partial charge in [0.25, 0.3) is 0 Å². The second kappa shape index (κ2) is 5.44. The van der Waals surface area contributed by atoms with E-state index in [4.69, 9.17) is 0 Å². The number of hydrogen-bond donors (Lipinski definition) is 1. The molecule has 1 saturated carbocycles. The van der Waals surface area contributed by atoms with Crippen molar-refractivity contribution < 1.29 is 13.2 Å². The van der Waals surface area contributed by atoms with Crippen LogP contribution in [0.15, 0.2) is 36.5 Å². The number of nitrogens with one attached hydrogen (secondary N) is 1. The minimum absolute atomic E-state index is 0.0123. The third kappa shape index (κ3) is 3.39. The van der Waals surface area contributed by atoms with Crippen LogP contribution >= 0.6 is 0 Å². The molecule has 110 valence electrons. The highest BCUT2D eigenvalue weighted by molar-refractivity contribution is 5.61. The molecule has 0 bridgehead atoms. The van der Waals surface area contributed by atoms with Crippen molar-refractivity contribution in [2.24, 2.45) is 0 Å². The molecule has 0 atom stereocenters. The highest BCUT2D eigenvalue weighted by Crippen LogP contribution is 2.35. The first-order valence-electron chi connectivity index (χ1n) is 6.76. The number of alkyl halides is 3. The molecule has 6 heteroatoms. The summed E-state index contributed by atoms with van der Waals surface area (Å²) >= 11 is 0. The summed E-state index contributed by atoms with van der Waals surface area (Å²) in [5.41, 5.74) is -0.000508. The zero-order valence-corrected chi connectivity index (χ0v) is 11.2. The molecule has 3 rings (SSSR count). The Morgan fingerprint density at radius 3 is 2.62 bits per heavy atom. The van der Waals surface area contributed by atoms with Crippen LogP contribution in [0.3, 0.4) is 0 Å². The molecule has 0 amide bonds. The molecule has 1 heterocycles. The van der Waals surface area contributed by atoms with Crippen molar-refractivity contribution in [1.29, 1.82) is 0 Å². The van der Waals surface area contributed by atoms with Crippen molar-refractivity contribution in [3.05, 3.63) is 47.8 Å². The Morgan fingerprint density at radius 1 is 1.14 bits per heavy atom. The topological polar surface area (TPSA) is 37.8 Å². The van der Waals surface area contributed by atoms with Gasteiger partial charge in [0.2, 0.25) is 0 Å². The maximum Gasteiger partial charge on any atom is 0.417 e. The standard InChI is InChI=1S/C15H14F3N3/c16-15(17,18)13-4-2-1-3-12(13)14-19-8-7-11(21-14)9-20-10-5-6-10/h1-4,7-8,10,20H,5-6,9H2. The van der Waals surface area contributed by atoms with Crippen LogP contribution in [0, 0.1) is 0 Å². The lowest BCUT2D eigenvalue weighted by Crippen LogP contribution is -2.16. The van der Waals surface area contributed by atoms with Gasteiger partial charge in [0.1, 0.15) is 0 Å². The lowest BCUT2D eigenvalue weighted by molar-refractivity contribution is -0.137. The predicted octanol–water partition coefficient (Wildman–Crippen LogP) is 3.41. The van der Waals surface area contributed by atoms with Gasteiger partial charge in [-0.05, 0) is 25.0 Å². The van der Waals surface area contributed by atoms with E-state index in [2.05, 4.69) is 15.3 Å². The molecular formula is C15H14F3N3. The molecule has 0 unspecified atom stereocenters. The van der Waals surface area contributed by atoms with Gasteiger partial charge in [-0.25, -0.2) is 9.97 Å². The lowest BCUT2D eigenvalue weighted by atomic mass is 10.1. The lowest BCUT2D eigenvalue weighted by Gasteiger charge is -2.12. The van der Waals surface area contributed by atoms with Gasteiger partial charge in [-0.2, -0.15) is 13.2 Å². The predicted molar refractivity (Wildman–Crippen MR) is 72.3 cm³/mol. The van der Waals surface area contributed by atoms with Gasteiger partial charge in [0.05, 0.1) is 11.3 Å². The van der Waals surface area contributed by atoms with E-state index in [0.29, 0.717) is 18.3 Å². The van der Waals surface area contributed by atoms with Crippen molar-refractivity contribution in [2.75, 3.05) is 0 Å². The van der Waals surface area contributed by atoms with Crippen molar-refractivity contribution in [3.8, 4) is 11.4 Å². The molecule has 2 aromatic rings. The van der Waals surface area contributed by atoms with Gasteiger partial charge >= 0.3 is 6.18 Å². The molecule has 21 heavy (non-hydrogen) atoms. The zero-order chi connectivity index (χ0) is 14.9. The normalized spacial score (nSPS) is 15.2. The quantitative estimate of drug-likeness (QED) is 0.938. The average molecular weight is 293 g/mol. The molecule has 0 saturated heterocycles. The number of rotatable bonds is 4. The first-order valence-corrected chi connectivity index (χ1v) is 6.76. The Morgan fingerprint density at radius 2 is 1.90 bits per heavy atom. The maximum atomic E-state index is 13.0. The maximum absolute atomic E-state index is 13.0. The van der Waals surface area contributed by atoms with Crippen molar-refractivity contribution in [3.63, 3.8) is 0 Å². The second-order valence-electron chi connectivity index (χ2n) is 5.07. The Bertz CT molecular complexity index is 636. The van der Waals surface area contributed by atoms with E-state index in [0.717, 1.165) is 18.9 Å². The van der Waals surface area contributed by atoms with Crippen LogP contribution in [0.1, 0.15) is 24.1 Å². The Kier molecular flexibility index (Phi) is 3.63. The van der Waals surface area contributed by atoms with E-state index >= 15 is 0 Å². The molecule has 0 spiro atoms. The molecule has 1 aromatic carbocycles. The minimum Gasteiger partial charge on any atom is -0.308 e. The molecule has 0 aliphatic heterocycles. The van der Waals surface area contributed by atoms with E-state index in [1.54, 1.807) is 12.1 Å². The van der Waals surface area contributed by atoms with E-state index < -0.39 is 11.7 Å². The van der Waals surface area contributed by atoms with E-state index in [1.807, 2.05) is 0 Å². The summed E-state index contributed by atoms with van der Waals surface area (Å²) in [6.45, 7) is 0.550. The van der Waals surface area contributed by atoms with Crippen LogP contribution in [0.5, 0.6) is 0 Å². The summed E-state index contributed by atoms with van der Waals surface area (Å²) in [5.74, 6) is 0.109. The van der Waals surface area contributed by atoms with Crippen LogP contribution in [-0.2, 0) is 12.7 Å². The monoisotopic (exact) mass is 293 g/mol. The summed E-state index contributed by atoms with van der Waals surface area (Å²) < 4.78 is 39.1. The van der Waals surface area contributed by atoms with Gasteiger partial charge < -0.3 is 5.32 Å². The number of aromatic nitrogens is 2. The fourth-order valence-electron chi connectivity index (χ4n) is 2.09. The second-order valence-corrected chi connectivity index (χ2v) is 5.07. The summed E-state index contributed by atoms with van der Waals surface area (Å²) in [5, 5.41) is 3.28. The van der Waals surface area contributed by atoms with Crippen LogP contribution in [0.4, 0.5) is 13.2 Å². The molecule has 1 aromatic heterocycles. The van der Waals surface area contributed by atoms with Crippen molar-refractivity contribution in [1.82, 2.24) is 15.3 Å². The zero-order valence-electron chi connectivity index (χ0n) is 11.2. The molecule has 1 fully saturated rings. The third-order valence-corrected chi connectivity index (χ3v) is 3.34. The minimum atomic E-state index is -4.41. The van der Waals surface area contributed by atoms with Crippen LogP contribution < -0.4 is 5.32 Å². The number of halogens is 3. The third-order valence-electron chi connectivity index (χ3n) is 3.34. The van der Waals surface area contributed by atoms with Gasteiger partial charge in [-0.1, -0.05) is 18.2 Å². The summed E-state index contributed by atoms with van der Waals surface area (Å²) in [7, 11) is 0. The number of hydrogen-bond acceptors (Lipinski definition) is 3. The highest BCUT2D eigenvalue weighted by atomic mass is 19.4. The number of benzene rings is 1. The van der Waals surface area contributed by atoms with Gasteiger partial charge in [0.15, 0.2) is 5.82 Å². The average Bonchev–Trinajstić information content (AvgIpc) is 3.29. The molecular weight excluding hydrogens is 279 g/mol. The van der Waals surface area contributed by atoms with Crippen LogP contribution in [0.25, 0.3) is 11.4 Å². The SMILES string of the molecule is FC(F)(F)c1ccccc1-c1nccc(CNC2CC2)n1. The summed E-state index contributed by atoms with van der Waals surface area (Å²) in [6.07, 6.45) is -0.620. The highest BCUT2D eigenvalue weighted by Gasteiger charge is 2.34. The van der Waals surface area contributed by atoms with Crippen molar-refractivity contribution in [2.45, 2.75) is 31.6 Å². The fraction of sp³-hybridized carbons (Fsp3) is 0.333. The van der Waals surface area contributed by atoms with Gasteiger partial charge in [0, 0.05) is 24.3 Å². The Hall–Kier alpha value is -1.95. The largest absolute Gasteiger partial charge is 0.417 e. The summed E-state index contributed by atoms with van der Waals surface area (Å²) in [4.78, 5) is 8.23. The first-order chi connectivity index (χ1) is 10.0.